The van der Waals surface area contributed by atoms with Gasteiger partial charge in [-0.05, 0) is 48.5 Å². The Morgan fingerprint density at radius 2 is 1.47 bits per heavy atom. The van der Waals surface area contributed by atoms with E-state index in [4.69, 9.17) is 0 Å². The molecular formula is C19H14F3N5O5. The average Bonchev–Trinajstić information content (AvgIpc) is 2.74. The van der Waals surface area contributed by atoms with Crippen LogP contribution in [0.2, 0.25) is 0 Å². The number of alkyl halides is 3. The highest BCUT2D eigenvalue weighted by molar-refractivity contribution is 5.90. The molecule has 10 nitrogen and oxygen atoms in total. The van der Waals surface area contributed by atoms with Crippen LogP contribution >= 0.6 is 0 Å². The first kappa shape index (κ1) is 22.3. The molecule has 2 aromatic carbocycles. The van der Waals surface area contributed by atoms with Gasteiger partial charge >= 0.3 is 18.0 Å². The van der Waals surface area contributed by atoms with Crippen LogP contribution in [0.1, 0.15) is 10.4 Å². The lowest BCUT2D eigenvalue weighted by Gasteiger charge is -2.12. The molecule has 13 heteroatoms. The third kappa shape index (κ3) is 5.59. The van der Waals surface area contributed by atoms with Crippen LogP contribution in [0.15, 0.2) is 54.9 Å². The fourth-order valence-electron chi connectivity index (χ4n) is 2.56. The van der Waals surface area contributed by atoms with Gasteiger partial charge in [-0.1, -0.05) is 0 Å². The maximum absolute atomic E-state index is 12.3. The fourth-order valence-corrected chi connectivity index (χ4v) is 2.56. The van der Waals surface area contributed by atoms with Gasteiger partial charge < -0.3 is 20.1 Å². The van der Waals surface area contributed by atoms with Crippen LogP contribution in [0.25, 0.3) is 0 Å². The number of hydrogen-bond acceptors (Lipinski definition) is 9. The topological polar surface area (TPSA) is 129 Å². The van der Waals surface area contributed by atoms with E-state index in [0.717, 1.165) is 18.5 Å². The van der Waals surface area contributed by atoms with Crippen molar-refractivity contribution in [2.75, 3.05) is 17.7 Å². The van der Waals surface area contributed by atoms with E-state index in [0.29, 0.717) is 5.69 Å². The lowest BCUT2D eigenvalue weighted by Crippen LogP contribution is -2.17. The highest BCUT2D eigenvalue weighted by Crippen LogP contribution is 2.33. The highest BCUT2D eigenvalue weighted by atomic mass is 19.4. The number of carbonyl (C=O) groups is 1. The summed E-state index contributed by atoms with van der Waals surface area (Å²) in [5.74, 6) is -1.32. The summed E-state index contributed by atoms with van der Waals surface area (Å²) in [6.07, 6.45) is -3.77. The van der Waals surface area contributed by atoms with E-state index in [9.17, 15) is 28.1 Å². The smallest absolute Gasteiger partial charge is 0.465 e. The Kier molecular flexibility index (Phi) is 6.37. The van der Waals surface area contributed by atoms with Gasteiger partial charge in [0.1, 0.15) is 12.1 Å². The molecule has 2 N–H and O–H groups in total. The maximum Gasteiger partial charge on any atom is 0.573 e. The van der Waals surface area contributed by atoms with E-state index >= 15 is 0 Å². The van der Waals surface area contributed by atoms with Gasteiger partial charge in [0.25, 0.3) is 0 Å². The van der Waals surface area contributed by atoms with Crippen LogP contribution < -0.4 is 15.4 Å². The SMILES string of the molecule is COC(=O)c1ccc(Nc2ncnc(Nc3ccc(OC(F)(F)F)cc3)c2[N+](=O)[O-])cc1. The zero-order chi connectivity index (χ0) is 23.3. The number of ether oxygens (including phenoxy) is 2. The summed E-state index contributed by atoms with van der Waals surface area (Å²) in [5.41, 5.74) is 0.421. The van der Waals surface area contributed by atoms with E-state index < -0.39 is 28.7 Å². The molecule has 0 bridgehead atoms. The number of nitro groups is 1. The highest BCUT2D eigenvalue weighted by Gasteiger charge is 2.31. The largest absolute Gasteiger partial charge is 0.573 e. The van der Waals surface area contributed by atoms with Gasteiger partial charge in [-0.2, -0.15) is 0 Å². The summed E-state index contributed by atoms with van der Waals surface area (Å²) in [5, 5.41) is 17.1. The number of anilines is 4. The second kappa shape index (κ2) is 9.16. The normalized spacial score (nSPS) is 10.9. The van der Waals surface area contributed by atoms with Crippen molar-refractivity contribution in [2.24, 2.45) is 0 Å². The summed E-state index contributed by atoms with van der Waals surface area (Å²) >= 11 is 0. The van der Waals surface area contributed by atoms with Crippen LogP contribution in [0.4, 0.5) is 41.9 Å². The van der Waals surface area contributed by atoms with Crippen molar-refractivity contribution < 1.29 is 32.4 Å². The van der Waals surface area contributed by atoms with Crippen molar-refractivity contribution >= 4 is 34.7 Å². The van der Waals surface area contributed by atoms with Crippen LogP contribution in [0.3, 0.4) is 0 Å². The Hall–Kier alpha value is -4.42. The lowest BCUT2D eigenvalue weighted by molar-refractivity contribution is -0.383. The number of aromatic nitrogens is 2. The Labute approximate surface area is 178 Å². The van der Waals surface area contributed by atoms with Gasteiger partial charge in [0, 0.05) is 11.4 Å². The fraction of sp³-hybridized carbons (Fsp3) is 0.105. The molecule has 0 spiro atoms. The minimum Gasteiger partial charge on any atom is -0.465 e. The summed E-state index contributed by atoms with van der Waals surface area (Å²) in [6.45, 7) is 0. The van der Waals surface area contributed by atoms with Gasteiger partial charge in [0.2, 0.25) is 11.6 Å². The average molecular weight is 449 g/mol. The molecule has 32 heavy (non-hydrogen) atoms. The number of nitrogens with zero attached hydrogens (tertiary/aromatic N) is 3. The van der Waals surface area contributed by atoms with Gasteiger partial charge in [0.15, 0.2) is 0 Å². The lowest BCUT2D eigenvalue weighted by atomic mass is 10.2. The number of halogens is 3. The van der Waals surface area contributed by atoms with Gasteiger partial charge in [-0.15, -0.1) is 13.2 Å². The number of nitrogens with one attached hydrogen (secondary N) is 2. The second-order valence-electron chi connectivity index (χ2n) is 6.07. The summed E-state index contributed by atoms with van der Waals surface area (Å²) in [6, 6.07) is 10.5. The molecule has 3 rings (SSSR count). The first-order valence-corrected chi connectivity index (χ1v) is 8.74. The Balaban J connectivity index is 1.83. The molecule has 0 unspecified atom stereocenters. The van der Waals surface area contributed by atoms with Crippen molar-refractivity contribution in [3.05, 3.63) is 70.5 Å². The summed E-state index contributed by atoms with van der Waals surface area (Å²) in [7, 11) is 1.24. The molecule has 166 valence electrons. The Bertz CT molecular complexity index is 1120. The third-order valence-corrected chi connectivity index (χ3v) is 3.92. The minimum atomic E-state index is -4.84. The van der Waals surface area contributed by atoms with Gasteiger partial charge in [-0.3, -0.25) is 10.1 Å². The molecule has 1 heterocycles. The molecule has 3 aromatic rings. The molecule has 0 aliphatic rings. The van der Waals surface area contributed by atoms with E-state index in [1.54, 1.807) is 0 Å². The van der Waals surface area contributed by atoms with Crippen molar-refractivity contribution in [1.82, 2.24) is 9.97 Å². The number of rotatable bonds is 7. The first-order valence-electron chi connectivity index (χ1n) is 8.74. The molecule has 0 aliphatic carbocycles. The van der Waals surface area contributed by atoms with Gasteiger partial charge in [0.05, 0.1) is 17.6 Å². The zero-order valence-corrected chi connectivity index (χ0v) is 16.2. The number of esters is 1. The predicted octanol–water partition coefficient (Wildman–Crippen LogP) is 4.56. The third-order valence-electron chi connectivity index (χ3n) is 3.92. The molecule has 1 aromatic heterocycles. The summed E-state index contributed by atoms with van der Waals surface area (Å²) in [4.78, 5) is 30.2. The molecule has 0 radical (unpaired) electrons. The Morgan fingerprint density at radius 1 is 0.969 bits per heavy atom. The quantitative estimate of drug-likeness (QED) is 0.303. The van der Waals surface area contributed by atoms with Crippen LogP contribution in [-0.2, 0) is 4.74 Å². The first-order chi connectivity index (χ1) is 15.2. The Morgan fingerprint density at radius 3 is 1.91 bits per heavy atom. The zero-order valence-electron chi connectivity index (χ0n) is 16.2. The maximum atomic E-state index is 12.3. The van der Waals surface area contributed by atoms with Crippen molar-refractivity contribution in [3.8, 4) is 5.75 Å². The number of methoxy groups -OCH3 is 1. The van der Waals surface area contributed by atoms with Crippen LogP contribution in [0, 0.1) is 10.1 Å². The van der Waals surface area contributed by atoms with E-state index in [1.165, 1.54) is 43.5 Å². The standard InChI is InChI=1S/C19H14F3N5O5/c1-31-18(28)11-2-4-12(5-3-11)25-16-15(27(29)30)17(24-10-23-16)26-13-6-8-14(9-7-13)32-19(20,21)22/h2-10H,1H3,(H2,23,24,25,26). The van der Waals surface area contributed by atoms with E-state index in [2.05, 4.69) is 30.1 Å². The molecule has 0 fully saturated rings. The molecule has 0 atom stereocenters. The number of benzene rings is 2. The van der Waals surface area contributed by atoms with Crippen molar-refractivity contribution in [3.63, 3.8) is 0 Å². The predicted molar refractivity (Wildman–Crippen MR) is 106 cm³/mol. The van der Waals surface area contributed by atoms with Gasteiger partial charge in [-0.25, -0.2) is 14.8 Å². The molecule has 0 aliphatic heterocycles. The van der Waals surface area contributed by atoms with Crippen LogP contribution in [0.5, 0.6) is 5.75 Å². The number of hydrogen-bond donors (Lipinski definition) is 2. The minimum absolute atomic E-state index is 0.143. The molecule has 0 amide bonds. The number of carbonyl (C=O) groups excluding carboxylic acids is 1. The molecule has 0 saturated heterocycles. The van der Waals surface area contributed by atoms with Crippen molar-refractivity contribution in [2.45, 2.75) is 6.36 Å². The van der Waals surface area contributed by atoms with E-state index in [1.807, 2.05) is 0 Å². The molecule has 0 saturated carbocycles. The summed E-state index contributed by atoms with van der Waals surface area (Å²) < 4.78 is 45.2. The van der Waals surface area contributed by atoms with Crippen molar-refractivity contribution in [1.29, 1.82) is 0 Å². The second-order valence-corrected chi connectivity index (χ2v) is 6.07. The molecular weight excluding hydrogens is 435 g/mol. The van der Waals surface area contributed by atoms with E-state index in [-0.39, 0.29) is 22.9 Å². The van der Waals surface area contributed by atoms with Crippen LogP contribution in [-0.4, -0.2) is 34.3 Å². The monoisotopic (exact) mass is 449 g/mol.